The molecule has 0 fully saturated rings. The summed E-state index contributed by atoms with van der Waals surface area (Å²) < 4.78 is 0. The first-order valence-electron chi connectivity index (χ1n) is 7.17. The van der Waals surface area contributed by atoms with E-state index in [0.29, 0.717) is 17.3 Å². The zero-order valence-electron chi connectivity index (χ0n) is 13.1. The van der Waals surface area contributed by atoms with Crippen LogP contribution in [0.5, 0.6) is 0 Å². The van der Waals surface area contributed by atoms with Crippen LogP contribution in [0.2, 0.25) is 0 Å². The van der Waals surface area contributed by atoms with Gasteiger partial charge in [0.2, 0.25) is 0 Å². The lowest BCUT2D eigenvalue weighted by Crippen LogP contribution is -2.39. The van der Waals surface area contributed by atoms with Crippen LogP contribution < -0.4 is 11.3 Å². The zero-order chi connectivity index (χ0) is 15.3. The van der Waals surface area contributed by atoms with Gasteiger partial charge in [-0.05, 0) is 38.3 Å². The van der Waals surface area contributed by atoms with Crippen molar-refractivity contribution in [3.05, 3.63) is 23.4 Å². The summed E-state index contributed by atoms with van der Waals surface area (Å²) in [5.74, 6) is 6.41. The fourth-order valence-corrected chi connectivity index (χ4v) is 2.05. The number of hydrazine groups is 1. The minimum absolute atomic E-state index is 0.0299. The molecule has 0 aliphatic heterocycles. The first-order chi connectivity index (χ1) is 9.38. The lowest BCUT2D eigenvalue weighted by atomic mass is 10.1. The van der Waals surface area contributed by atoms with Gasteiger partial charge in [-0.15, -0.1) is 0 Å². The number of aromatic nitrogens is 1. The molecule has 5 heteroatoms. The molecule has 1 aromatic heterocycles. The number of carbonyl (C=O) groups is 1. The average Bonchev–Trinajstić information content (AvgIpc) is 2.42. The maximum absolute atomic E-state index is 12.7. The molecule has 0 unspecified atom stereocenters. The molecule has 0 bridgehead atoms. The third-order valence-electron chi connectivity index (χ3n) is 3.08. The average molecular weight is 278 g/mol. The zero-order valence-corrected chi connectivity index (χ0v) is 13.1. The van der Waals surface area contributed by atoms with Crippen LogP contribution in [0.3, 0.4) is 0 Å². The normalized spacial score (nSPS) is 11.0. The van der Waals surface area contributed by atoms with E-state index in [4.69, 9.17) is 5.84 Å². The molecule has 0 radical (unpaired) electrons. The van der Waals surface area contributed by atoms with Crippen molar-refractivity contribution in [2.75, 3.05) is 12.0 Å². The van der Waals surface area contributed by atoms with Crippen LogP contribution in [0.4, 0.5) is 5.82 Å². The summed E-state index contributed by atoms with van der Waals surface area (Å²) in [6.07, 6.45) is 0.766. The van der Waals surface area contributed by atoms with Gasteiger partial charge in [0, 0.05) is 23.8 Å². The number of rotatable bonds is 6. The fraction of sp³-hybridized carbons (Fsp3) is 0.600. The molecule has 0 aliphatic rings. The first kappa shape index (κ1) is 16.4. The van der Waals surface area contributed by atoms with Crippen molar-refractivity contribution < 1.29 is 4.79 Å². The molecule has 0 atom stereocenters. The van der Waals surface area contributed by atoms with E-state index >= 15 is 0 Å². The number of carbonyl (C=O) groups excluding carboxylic acids is 1. The molecular weight excluding hydrogens is 252 g/mol. The SMILES string of the molecule is CCc1cc(C(=O)N(CC(C)C)C(C)C)cc(NN)n1. The predicted octanol–water partition coefficient (Wildman–Crippen LogP) is 2.44. The van der Waals surface area contributed by atoms with E-state index in [1.165, 1.54) is 0 Å². The Morgan fingerprint density at radius 3 is 2.45 bits per heavy atom. The van der Waals surface area contributed by atoms with Gasteiger partial charge >= 0.3 is 0 Å². The quantitative estimate of drug-likeness (QED) is 0.619. The van der Waals surface area contributed by atoms with Gasteiger partial charge in [0.1, 0.15) is 5.82 Å². The minimum Gasteiger partial charge on any atom is -0.336 e. The number of hydrogen-bond donors (Lipinski definition) is 2. The maximum atomic E-state index is 12.7. The largest absolute Gasteiger partial charge is 0.336 e. The number of amides is 1. The maximum Gasteiger partial charge on any atom is 0.254 e. The second kappa shape index (κ2) is 7.24. The van der Waals surface area contributed by atoms with Gasteiger partial charge in [0.25, 0.3) is 5.91 Å². The van der Waals surface area contributed by atoms with Gasteiger partial charge in [-0.25, -0.2) is 10.8 Å². The Balaban J connectivity index is 3.10. The van der Waals surface area contributed by atoms with Gasteiger partial charge in [0.15, 0.2) is 0 Å². The summed E-state index contributed by atoms with van der Waals surface area (Å²) in [5.41, 5.74) is 4.02. The van der Waals surface area contributed by atoms with Crippen LogP contribution in [0, 0.1) is 5.92 Å². The molecule has 3 N–H and O–H groups in total. The van der Waals surface area contributed by atoms with E-state index < -0.39 is 0 Å². The molecule has 5 nitrogen and oxygen atoms in total. The van der Waals surface area contributed by atoms with Gasteiger partial charge < -0.3 is 10.3 Å². The number of nitrogen functional groups attached to an aromatic ring is 1. The summed E-state index contributed by atoms with van der Waals surface area (Å²) in [6.45, 7) is 11.0. The number of hydrogen-bond acceptors (Lipinski definition) is 4. The van der Waals surface area contributed by atoms with Crippen molar-refractivity contribution in [1.29, 1.82) is 0 Å². The van der Waals surface area contributed by atoms with E-state index in [-0.39, 0.29) is 11.9 Å². The number of nitrogens with one attached hydrogen (secondary N) is 1. The van der Waals surface area contributed by atoms with Gasteiger partial charge in [0.05, 0.1) is 0 Å². The molecule has 112 valence electrons. The summed E-state index contributed by atoms with van der Waals surface area (Å²) in [4.78, 5) is 18.9. The Bertz CT molecular complexity index is 435. The monoisotopic (exact) mass is 278 g/mol. The Morgan fingerprint density at radius 1 is 1.35 bits per heavy atom. The van der Waals surface area contributed by atoms with Crippen molar-refractivity contribution in [2.45, 2.75) is 47.1 Å². The van der Waals surface area contributed by atoms with Crippen molar-refractivity contribution >= 4 is 11.7 Å². The standard InChI is InChI=1S/C15H26N4O/c1-6-13-7-12(8-14(17-13)18-16)15(20)19(11(4)5)9-10(2)3/h7-8,10-11H,6,9,16H2,1-5H3,(H,17,18). The summed E-state index contributed by atoms with van der Waals surface area (Å²) in [7, 11) is 0. The minimum atomic E-state index is 0.0299. The van der Waals surface area contributed by atoms with Crippen LogP contribution in [0.15, 0.2) is 12.1 Å². The van der Waals surface area contributed by atoms with E-state index in [0.717, 1.165) is 18.7 Å². The Hall–Kier alpha value is -1.62. The molecule has 0 aliphatic carbocycles. The number of pyridine rings is 1. The van der Waals surface area contributed by atoms with Crippen molar-refractivity contribution in [3.8, 4) is 0 Å². The molecule has 0 saturated carbocycles. The van der Waals surface area contributed by atoms with Crippen LogP contribution in [0.25, 0.3) is 0 Å². The highest BCUT2D eigenvalue weighted by molar-refractivity contribution is 5.95. The van der Waals surface area contributed by atoms with E-state index in [1.807, 2.05) is 31.7 Å². The van der Waals surface area contributed by atoms with Crippen LogP contribution in [-0.2, 0) is 6.42 Å². The van der Waals surface area contributed by atoms with Gasteiger partial charge in [-0.1, -0.05) is 20.8 Å². The molecule has 0 aromatic carbocycles. The van der Waals surface area contributed by atoms with Crippen LogP contribution >= 0.6 is 0 Å². The van der Waals surface area contributed by atoms with E-state index in [2.05, 4.69) is 24.3 Å². The third kappa shape index (κ3) is 4.20. The van der Waals surface area contributed by atoms with E-state index in [9.17, 15) is 4.79 Å². The van der Waals surface area contributed by atoms with Crippen LogP contribution in [0.1, 0.15) is 50.7 Å². The summed E-state index contributed by atoms with van der Waals surface area (Å²) >= 11 is 0. The van der Waals surface area contributed by atoms with Gasteiger partial charge in [-0.3, -0.25) is 4.79 Å². The van der Waals surface area contributed by atoms with Crippen LogP contribution in [-0.4, -0.2) is 28.4 Å². The molecule has 0 spiro atoms. The molecule has 1 heterocycles. The fourth-order valence-electron chi connectivity index (χ4n) is 2.05. The number of nitrogens with zero attached hydrogens (tertiary/aromatic N) is 2. The van der Waals surface area contributed by atoms with Crippen molar-refractivity contribution in [1.82, 2.24) is 9.88 Å². The Labute approximate surface area is 121 Å². The highest BCUT2D eigenvalue weighted by atomic mass is 16.2. The summed E-state index contributed by atoms with van der Waals surface area (Å²) in [5, 5.41) is 0. The molecule has 1 aromatic rings. The second-order valence-corrected chi connectivity index (χ2v) is 5.68. The highest BCUT2D eigenvalue weighted by Crippen LogP contribution is 2.15. The Kier molecular flexibility index (Phi) is 5.95. The highest BCUT2D eigenvalue weighted by Gasteiger charge is 2.20. The smallest absolute Gasteiger partial charge is 0.254 e. The number of nitrogens with two attached hydrogens (primary N) is 1. The molecule has 0 saturated heterocycles. The number of aryl methyl sites for hydroxylation is 1. The molecule has 1 amide bonds. The van der Waals surface area contributed by atoms with Crippen molar-refractivity contribution in [2.24, 2.45) is 11.8 Å². The predicted molar refractivity (Wildman–Crippen MR) is 82.4 cm³/mol. The number of anilines is 1. The summed E-state index contributed by atoms with van der Waals surface area (Å²) in [6, 6.07) is 3.72. The topological polar surface area (TPSA) is 71.2 Å². The second-order valence-electron chi connectivity index (χ2n) is 5.68. The molecular formula is C15H26N4O. The lowest BCUT2D eigenvalue weighted by Gasteiger charge is -2.28. The first-order valence-corrected chi connectivity index (χ1v) is 7.17. The van der Waals surface area contributed by atoms with E-state index in [1.54, 1.807) is 6.07 Å². The molecule has 20 heavy (non-hydrogen) atoms. The Morgan fingerprint density at radius 2 is 2.00 bits per heavy atom. The molecule has 1 rings (SSSR count). The third-order valence-corrected chi connectivity index (χ3v) is 3.08. The van der Waals surface area contributed by atoms with Gasteiger partial charge in [-0.2, -0.15) is 0 Å². The van der Waals surface area contributed by atoms with Crippen molar-refractivity contribution in [3.63, 3.8) is 0 Å². The lowest BCUT2D eigenvalue weighted by molar-refractivity contribution is 0.0682.